The largest absolute Gasteiger partial charge is 0.327 e. The molecular formula is C6H17ClNO3P. The van der Waals surface area contributed by atoms with Gasteiger partial charge in [0, 0.05) is 12.7 Å². The molecule has 0 fully saturated rings. The van der Waals surface area contributed by atoms with Crippen LogP contribution in [0.2, 0.25) is 0 Å². The van der Waals surface area contributed by atoms with Crippen molar-refractivity contribution in [2.24, 2.45) is 0 Å². The normalized spacial score (nSPS) is 14.4. The van der Waals surface area contributed by atoms with Crippen molar-refractivity contribution in [1.29, 1.82) is 0 Å². The predicted octanol–water partition coefficient (Wildman–Crippen LogP) is 1.98. The van der Waals surface area contributed by atoms with Crippen LogP contribution in [-0.4, -0.2) is 24.2 Å². The zero-order valence-corrected chi connectivity index (χ0v) is 9.36. The fourth-order valence-electron chi connectivity index (χ4n) is 0.293. The van der Waals surface area contributed by atoms with E-state index in [0.29, 0.717) is 6.61 Å². The average Bonchev–Trinajstić information content (AvgIpc) is 2.05. The first-order chi connectivity index (χ1) is 5.54. The second kappa shape index (κ2) is 9.49. The van der Waals surface area contributed by atoms with Crippen molar-refractivity contribution in [2.75, 3.05) is 19.3 Å². The highest BCUT2D eigenvalue weighted by molar-refractivity contribution is 7.52. The lowest BCUT2D eigenvalue weighted by Gasteiger charge is -2.05. The van der Waals surface area contributed by atoms with Crippen LogP contribution in [0.15, 0.2) is 0 Å². The molecule has 0 aromatic rings. The van der Waals surface area contributed by atoms with Crippen LogP contribution in [0, 0.1) is 0 Å². The standard InChI is InChI=1S/C4H11O3P.C2H6ClN/c1-3-7-8(5,6)4-2;1-2-4-3/h3-4H2,1-2H3,(H,5,6);4H,2H2,1H3. The molecule has 4 nitrogen and oxygen atoms in total. The molecule has 2 N–H and O–H groups in total. The van der Waals surface area contributed by atoms with E-state index in [2.05, 4.69) is 9.36 Å². The van der Waals surface area contributed by atoms with E-state index in [9.17, 15) is 4.57 Å². The third-order valence-corrected chi connectivity index (χ3v) is 2.59. The Morgan fingerprint density at radius 1 is 1.50 bits per heavy atom. The fourth-order valence-corrected chi connectivity index (χ4v) is 0.879. The maximum absolute atomic E-state index is 10.5. The number of rotatable bonds is 4. The highest BCUT2D eigenvalue weighted by Gasteiger charge is 2.12. The summed E-state index contributed by atoms with van der Waals surface area (Å²) in [6.45, 7) is 6.39. The molecule has 0 aromatic heterocycles. The molecule has 76 valence electrons. The first-order valence-corrected chi connectivity index (χ1v) is 5.97. The summed E-state index contributed by atoms with van der Waals surface area (Å²) in [5.41, 5.74) is 0. The van der Waals surface area contributed by atoms with Gasteiger partial charge in [0.15, 0.2) is 0 Å². The molecule has 0 rings (SSSR count). The summed E-state index contributed by atoms with van der Waals surface area (Å²) < 4.78 is 15.0. The predicted molar refractivity (Wildman–Crippen MR) is 51.5 cm³/mol. The number of hydrogen-bond donors (Lipinski definition) is 2. The third-order valence-electron chi connectivity index (χ3n) is 0.864. The van der Waals surface area contributed by atoms with Crippen molar-refractivity contribution in [1.82, 2.24) is 4.84 Å². The number of hydrogen-bond acceptors (Lipinski definition) is 3. The van der Waals surface area contributed by atoms with Gasteiger partial charge in [0.25, 0.3) is 0 Å². The van der Waals surface area contributed by atoms with E-state index < -0.39 is 7.60 Å². The molecule has 0 radical (unpaired) electrons. The van der Waals surface area contributed by atoms with Gasteiger partial charge in [0.1, 0.15) is 0 Å². The molecular weight excluding hydrogens is 200 g/mol. The van der Waals surface area contributed by atoms with Gasteiger partial charge >= 0.3 is 7.60 Å². The van der Waals surface area contributed by atoms with Gasteiger partial charge in [-0.2, -0.15) is 0 Å². The van der Waals surface area contributed by atoms with Crippen molar-refractivity contribution >= 4 is 19.4 Å². The summed E-state index contributed by atoms with van der Waals surface area (Å²) in [4.78, 5) is 11.1. The van der Waals surface area contributed by atoms with E-state index in [1.807, 2.05) is 6.92 Å². The minimum Gasteiger partial charge on any atom is -0.324 e. The Labute approximate surface area is 78.9 Å². The smallest absolute Gasteiger partial charge is 0.324 e. The molecule has 0 aliphatic rings. The SMILES string of the molecule is CCNCl.CCOP(=O)(O)CC. The van der Waals surface area contributed by atoms with Crippen molar-refractivity contribution in [3.63, 3.8) is 0 Å². The molecule has 0 saturated heterocycles. The van der Waals surface area contributed by atoms with Crippen LogP contribution in [0.3, 0.4) is 0 Å². The van der Waals surface area contributed by atoms with Gasteiger partial charge in [-0.05, 0) is 18.7 Å². The lowest BCUT2D eigenvalue weighted by molar-refractivity contribution is 0.275. The molecule has 0 aliphatic heterocycles. The van der Waals surface area contributed by atoms with E-state index in [-0.39, 0.29) is 6.16 Å². The third kappa shape index (κ3) is 13.0. The van der Waals surface area contributed by atoms with Crippen LogP contribution in [-0.2, 0) is 9.09 Å². The Morgan fingerprint density at radius 2 is 1.92 bits per heavy atom. The average molecular weight is 218 g/mol. The van der Waals surface area contributed by atoms with E-state index in [4.69, 9.17) is 16.7 Å². The lowest BCUT2D eigenvalue weighted by atomic mass is 10.8. The molecule has 0 aliphatic carbocycles. The topological polar surface area (TPSA) is 58.6 Å². The summed E-state index contributed by atoms with van der Waals surface area (Å²) in [7, 11) is -3.17. The van der Waals surface area contributed by atoms with Crippen molar-refractivity contribution in [3.8, 4) is 0 Å². The van der Waals surface area contributed by atoms with Crippen LogP contribution < -0.4 is 4.84 Å². The molecule has 6 heteroatoms. The molecule has 0 bridgehead atoms. The second-order valence-corrected chi connectivity index (χ2v) is 4.29. The molecule has 0 aromatic carbocycles. The molecule has 1 atom stereocenters. The van der Waals surface area contributed by atoms with Crippen molar-refractivity contribution in [2.45, 2.75) is 20.8 Å². The molecule has 0 spiro atoms. The van der Waals surface area contributed by atoms with Gasteiger partial charge in [-0.15, -0.1) is 0 Å². The van der Waals surface area contributed by atoms with Gasteiger partial charge < -0.3 is 9.42 Å². The summed E-state index contributed by atoms with van der Waals surface area (Å²) in [6.07, 6.45) is 0.195. The number of nitrogens with one attached hydrogen (secondary N) is 1. The van der Waals surface area contributed by atoms with Crippen molar-refractivity contribution in [3.05, 3.63) is 0 Å². The monoisotopic (exact) mass is 217 g/mol. The quantitative estimate of drug-likeness (QED) is 0.559. The van der Waals surface area contributed by atoms with E-state index in [1.165, 1.54) is 0 Å². The minimum absolute atomic E-state index is 0.195. The summed E-state index contributed by atoms with van der Waals surface area (Å²) in [5.74, 6) is 0. The first kappa shape index (κ1) is 14.9. The number of halogens is 1. The highest BCUT2D eigenvalue weighted by Crippen LogP contribution is 2.40. The molecule has 12 heavy (non-hydrogen) atoms. The fraction of sp³-hybridized carbons (Fsp3) is 1.00. The Morgan fingerprint density at radius 3 is 2.00 bits per heavy atom. The van der Waals surface area contributed by atoms with Gasteiger partial charge in [-0.25, -0.2) is 4.84 Å². The van der Waals surface area contributed by atoms with Gasteiger partial charge in [0.05, 0.1) is 6.61 Å². The zero-order valence-electron chi connectivity index (χ0n) is 7.71. The van der Waals surface area contributed by atoms with Gasteiger partial charge in [0.2, 0.25) is 0 Å². The first-order valence-electron chi connectivity index (χ1n) is 3.83. The summed E-state index contributed by atoms with van der Waals surface area (Å²) in [5, 5.41) is 0. The Kier molecular flexibility index (Phi) is 11.8. The summed E-state index contributed by atoms with van der Waals surface area (Å²) >= 11 is 4.94. The Hall–Kier alpha value is 0.400. The molecule has 0 amide bonds. The van der Waals surface area contributed by atoms with Crippen molar-refractivity contribution < 1.29 is 14.0 Å². The van der Waals surface area contributed by atoms with Crippen LogP contribution in [0.5, 0.6) is 0 Å². The van der Waals surface area contributed by atoms with Crippen LogP contribution in [0.1, 0.15) is 20.8 Å². The second-order valence-electron chi connectivity index (χ2n) is 1.86. The Bertz CT molecular complexity index is 132. The van der Waals surface area contributed by atoms with E-state index >= 15 is 0 Å². The molecule has 1 unspecified atom stereocenters. The lowest BCUT2D eigenvalue weighted by Crippen LogP contribution is -1.91. The molecule has 0 saturated carbocycles. The van der Waals surface area contributed by atoms with Crippen LogP contribution in [0.4, 0.5) is 0 Å². The molecule has 0 heterocycles. The maximum Gasteiger partial charge on any atom is 0.327 e. The van der Waals surface area contributed by atoms with Gasteiger partial charge in [-0.1, -0.05) is 13.8 Å². The van der Waals surface area contributed by atoms with E-state index in [1.54, 1.807) is 13.8 Å². The van der Waals surface area contributed by atoms with Crippen LogP contribution in [0.25, 0.3) is 0 Å². The maximum atomic E-state index is 10.5. The Balaban J connectivity index is 0. The van der Waals surface area contributed by atoms with Crippen LogP contribution >= 0.6 is 19.4 Å². The van der Waals surface area contributed by atoms with Gasteiger partial charge in [-0.3, -0.25) is 4.57 Å². The highest BCUT2D eigenvalue weighted by atomic mass is 35.5. The summed E-state index contributed by atoms with van der Waals surface area (Å²) in [6, 6.07) is 0. The van der Waals surface area contributed by atoms with E-state index in [0.717, 1.165) is 6.54 Å². The minimum atomic E-state index is -3.17. The zero-order chi connectivity index (χ0) is 10.0.